The van der Waals surface area contributed by atoms with Gasteiger partial charge in [-0.15, -0.1) is 0 Å². The number of benzene rings is 1. The first-order valence-corrected chi connectivity index (χ1v) is 8.69. The lowest BCUT2D eigenvalue weighted by molar-refractivity contribution is -0.121. The van der Waals surface area contributed by atoms with Gasteiger partial charge in [0.1, 0.15) is 5.75 Å². The van der Waals surface area contributed by atoms with E-state index in [1.165, 1.54) is 6.42 Å². The molecule has 4 atom stereocenters. The number of fused-ring (bicyclic) bond motifs is 2. The van der Waals surface area contributed by atoms with E-state index in [9.17, 15) is 4.79 Å². The van der Waals surface area contributed by atoms with E-state index in [1.807, 2.05) is 12.1 Å². The van der Waals surface area contributed by atoms with Crippen molar-refractivity contribution in [2.75, 3.05) is 12.4 Å². The number of amides is 1. The van der Waals surface area contributed by atoms with E-state index in [4.69, 9.17) is 10.5 Å². The minimum absolute atomic E-state index is 0.000121. The lowest BCUT2D eigenvalue weighted by atomic mass is 9.84. The number of rotatable bonds is 3. The van der Waals surface area contributed by atoms with E-state index in [0.29, 0.717) is 17.6 Å². The third-order valence-electron chi connectivity index (χ3n) is 4.78. The van der Waals surface area contributed by atoms with Crippen molar-refractivity contribution in [2.45, 2.75) is 25.3 Å². The molecule has 21 heavy (non-hydrogen) atoms. The zero-order valence-corrected chi connectivity index (χ0v) is 14.9. The van der Waals surface area contributed by atoms with E-state index in [-0.39, 0.29) is 17.9 Å². The average Bonchev–Trinajstić information content (AvgIpc) is 3.02. The largest absolute Gasteiger partial charge is 0.495 e. The maximum Gasteiger partial charge on any atom is 0.229 e. The molecule has 2 aliphatic rings. The van der Waals surface area contributed by atoms with Crippen LogP contribution < -0.4 is 15.8 Å². The van der Waals surface area contributed by atoms with Crippen LogP contribution in [0.5, 0.6) is 5.75 Å². The van der Waals surface area contributed by atoms with Crippen LogP contribution in [-0.4, -0.2) is 19.1 Å². The van der Waals surface area contributed by atoms with Crippen LogP contribution in [0.25, 0.3) is 0 Å². The Morgan fingerprint density at radius 3 is 2.62 bits per heavy atom. The molecule has 1 aromatic carbocycles. The Balaban J connectivity index is 1.79. The molecule has 3 rings (SSSR count). The van der Waals surface area contributed by atoms with E-state index >= 15 is 0 Å². The highest BCUT2D eigenvalue weighted by atomic mass is 79.9. The maximum absolute atomic E-state index is 12.6. The predicted molar refractivity (Wildman–Crippen MR) is 89.3 cm³/mol. The highest BCUT2D eigenvalue weighted by Crippen LogP contribution is 2.48. The normalized spacial score (nSPS) is 30.5. The van der Waals surface area contributed by atoms with Crippen molar-refractivity contribution in [2.24, 2.45) is 23.5 Å². The molecule has 0 radical (unpaired) electrons. The zero-order valence-electron chi connectivity index (χ0n) is 11.7. The van der Waals surface area contributed by atoms with Crippen LogP contribution in [0.4, 0.5) is 5.69 Å². The second-order valence-electron chi connectivity index (χ2n) is 5.89. The van der Waals surface area contributed by atoms with Crippen molar-refractivity contribution in [3.8, 4) is 5.75 Å². The molecule has 4 unspecified atom stereocenters. The Morgan fingerprint density at radius 2 is 2.00 bits per heavy atom. The average molecular weight is 418 g/mol. The molecule has 6 heteroatoms. The Morgan fingerprint density at radius 1 is 1.29 bits per heavy atom. The van der Waals surface area contributed by atoms with Crippen molar-refractivity contribution in [1.82, 2.24) is 0 Å². The van der Waals surface area contributed by atoms with Crippen LogP contribution in [0.2, 0.25) is 0 Å². The first-order chi connectivity index (χ1) is 10.0. The minimum Gasteiger partial charge on any atom is -0.495 e. The summed E-state index contributed by atoms with van der Waals surface area (Å²) in [5, 5.41) is 3.00. The number of nitrogens with one attached hydrogen (secondary N) is 1. The van der Waals surface area contributed by atoms with Gasteiger partial charge in [-0.05, 0) is 69.0 Å². The molecule has 3 N–H and O–H groups in total. The Bertz CT molecular complexity index is 577. The Hall–Kier alpha value is -0.590. The summed E-state index contributed by atoms with van der Waals surface area (Å²) in [5.74, 6) is 1.62. The van der Waals surface area contributed by atoms with Crippen LogP contribution in [-0.2, 0) is 4.79 Å². The van der Waals surface area contributed by atoms with Crippen LogP contribution in [0, 0.1) is 17.8 Å². The number of anilines is 1. The summed E-state index contributed by atoms with van der Waals surface area (Å²) in [6, 6.07) is 3.68. The van der Waals surface area contributed by atoms with Crippen molar-refractivity contribution in [3.05, 3.63) is 21.1 Å². The summed E-state index contributed by atoms with van der Waals surface area (Å²) in [5.41, 5.74) is 6.95. The quantitative estimate of drug-likeness (QED) is 0.790. The van der Waals surface area contributed by atoms with Gasteiger partial charge in [0.05, 0.1) is 23.2 Å². The van der Waals surface area contributed by atoms with Crippen molar-refractivity contribution < 1.29 is 9.53 Å². The predicted octanol–water partition coefficient (Wildman–Crippen LogP) is 3.53. The van der Waals surface area contributed by atoms with Gasteiger partial charge in [0.15, 0.2) is 0 Å². The van der Waals surface area contributed by atoms with Crippen molar-refractivity contribution in [1.29, 1.82) is 0 Å². The van der Waals surface area contributed by atoms with E-state index < -0.39 is 0 Å². The van der Waals surface area contributed by atoms with Crippen LogP contribution in [0.15, 0.2) is 21.1 Å². The number of hydrogen-bond donors (Lipinski definition) is 2. The number of ether oxygens (including phenoxy) is 1. The molecule has 0 saturated heterocycles. The van der Waals surface area contributed by atoms with Crippen molar-refractivity contribution in [3.63, 3.8) is 0 Å². The molecule has 2 fully saturated rings. The number of halogens is 2. The number of carbonyl (C=O) groups is 1. The summed E-state index contributed by atoms with van der Waals surface area (Å²) in [7, 11) is 1.60. The lowest BCUT2D eigenvalue weighted by Gasteiger charge is -2.27. The number of nitrogens with two attached hydrogens (primary N) is 1. The molecule has 4 nitrogen and oxygen atoms in total. The lowest BCUT2D eigenvalue weighted by Crippen LogP contribution is -2.42. The molecular weight excluding hydrogens is 400 g/mol. The van der Waals surface area contributed by atoms with Gasteiger partial charge in [-0.25, -0.2) is 0 Å². The minimum atomic E-state index is -0.0645. The summed E-state index contributed by atoms with van der Waals surface area (Å²) in [6.07, 6.45) is 3.40. The number of hydrogen-bond acceptors (Lipinski definition) is 3. The fourth-order valence-electron chi connectivity index (χ4n) is 3.72. The van der Waals surface area contributed by atoms with Gasteiger partial charge in [-0.3, -0.25) is 4.79 Å². The SMILES string of the molecule is COc1cc(NC(=O)C2C3CCC(C3)C2N)c(Br)cc1Br. The molecule has 114 valence electrons. The van der Waals surface area contributed by atoms with E-state index in [1.54, 1.807) is 7.11 Å². The molecule has 2 bridgehead atoms. The summed E-state index contributed by atoms with van der Waals surface area (Å²) in [4.78, 5) is 12.6. The summed E-state index contributed by atoms with van der Waals surface area (Å²) < 4.78 is 6.93. The standard InChI is InChI=1S/C15H18Br2N2O2/c1-21-12-6-11(9(16)5-10(12)17)19-15(20)13-7-2-3-8(4-7)14(13)18/h5-8,13-14H,2-4,18H2,1H3,(H,19,20). The fourth-order valence-corrected chi connectivity index (χ4v) is 4.98. The second kappa shape index (κ2) is 5.89. The van der Waals surface area contributed by atoms with Gasteiger partial charge in [0, 0.05) is 16.6 Å². The summed E-state index contributed by atoms with van der Waals surface area (Å²) in [6.45, 7) is 0. The second-order valence-corrected chi connectivity index (χ2v) is 7.60. The zero-order chi connectivity index (χ0) is 15.1. The van der Waals surface area contributed by atoms with Gasteiger partial charge in [-0.2, -0.15) is 0 Å². The molecule has 0 aromatic heterocycles. The van der Waals surface area contributed by atoms with Gasteiger partial charge in [-0.1, -0.05) is 0 Å². The highest BCUT2D eigenvalue weighted by molar-refractivity contribution is 9.11. The molecule has 2 saturated carbocycles. The van der Waals surface area contributed by atoms with Crippen LogP contribution in [0.3, 0.4) is 0 Å². The van der Waals surface area contributed by atoms with E-state index in [0.717, 1.165) is 27.5 Å². The first-order valence-electron chi connectivity index (χ1n) is 7.10. The molecule has 0 heterocycles. The molecule has 0 spiro atoms. The van der Waals surface area contributed by atoms with E-state index in [2.05, 4.69) is 37.2 Å². The Kier molecular flexibility index (Phi) is 4.30. The third kappa shape index (κ3) is 2.73. The number of methoxy groups -OCH3 is 1. The van der Waals surface area contributed by atoms with Gasteiger partial charge in [0.25, 0.3) is 0 Å². The van der Waals surface area contributed by atoms with Gasteiger partial charge in [0.2, 0.25) is 5.91 Å². The number of carbonyl (C=O) groups excluding carboxylic acids is 1. The van der Waals surface area contributed by atoms with Gasteiger partial charge >= 0.3 is 0 Å². The first kappa shape index (κ1) is 15.3. The third-order valence-corrected chi connectivity index (χ3v) is 6.06. The van der Waals surface area contributed by atoms with Crippen molar-refractivity contribution >= 4 is 43.5 Å². The summed E-state index contributed by atoms with van der Waals surface area (Å²) >= 11 is 6.89. The maximum atomic E-state index is 12.6. The molecule has 1 aromatic rings. The molecular formula is C15H18Br2N2O2. The smallest absolute Gasteiger partial charge is 0.229 e. The van der Waals surface area contributed by atoms with Crippen LogP contribution >= 0.6 is 31.9 Å². The highest BCUT2D eigenvalue weighted by Gasteiger charge is 2.49. The van der Waals surface area contributed by atoms with Gasteiger partial charge < -0.3 is 15.8 Å². The monoisotopic (exact) mass is 416 g/mol. The fraction of sp³-hybridized carbons (Fsp3) is 0.533. The Labute approximate surface area is 141 Å². The molecule has 1 amide bonds. The van der Waals surface area contributed by atoms with Crippen LogP contribution in [0.1, 0.15) is 19.3 Å². The molecule has 0 aliphatic heterocycles. The molecule has 2 aliphatic carbocycles. The topological polar surface area (TPSA) is 64.3 Å².